The molecule has 0 saturated carbocycles. The quantitative estimate of drug-likeness (QED) is 0.648. The predicted octanol–water partition coefficient (Wildman–Crippen LogP) is 3.63. The lowest BCUT2D eigenvalue weighted by molar-refractivity contribution is 0.626. The summed E-state index contributed by atoms with van der Waals surface area (Å²) in [4.78, 5) is 0. The molecule has 0 radical (unpaired) electrons. The van der Waals surface area contributed by atoms with Crippen LogP contribution in [0.15, 0.2) is 23.8 Å². The van der Waals surface area contributed by atoms with Crippen molar-refractivity contribution in [3.05, 3.63) is 40.7 Å². The van der Waals surface area contributed by atoms with E-state index in [0.29, 0.717) is 16.2 Å². The standard InChI is InChI=1S/C11H9ClFN/c1-7-5-9(13)3-4-10(7)11(12)8(2)6-14/h3-5H,1-2H3/b11-8-. The van der Waals surface area contributed by atoms with E-state index in [1.54, 1.807) is 19.9 Å². The fourth-order valence-corrected chi connectivity index (χ4v) is 1.38. The van der Waals surface area contributed by atoms with Crippen molar-refractivity contribution in [1.82, 2.24) is 0 Å². The van der Waals surface area contributed by atoms with Crippen molar-refractivity contribution in [2.45, 2.75) is 13.8 Å². The van der Waals surface area contributed by atoms with Gasteiger partial charge >= 0.3 is 0 Å². The molecule has 0 atom stereocenters. The molecule has 0 aliphatic carbocycles. The third kappa shape index (κ3) is 2.12. The summed E-state index contributed by atoms with van der Waals surface area (Å²) in [5.74, 6) is -0.301. The van der Waals surface area contributed by atoms with Crippen LogP contribution in [0.5, 0.6) is 0 Å². The third-order valence-electron chi connectivity index (χ3n) is 1.92. The Balaban J connectivity index is 3.29. The minimum absolute atomic E-state index is 0.301. The van der Waals surface area contributed by atoms with Gasteiger partial charge < -0.3 is 0 Å². The molecule has 0 aliphatic rings. The fourth-order valence-electron chi connectivity index (χ4n) is 1.12. The zero-order valence-electron chi connectivity index (χ0n) is 7.94. The van der Waals surface area contributed by atoms with Gasteiger partial charge in [0.15, 0.2) is 0 Å². The highest BCUT2D eigenvalue weighted by molar-refractivity contribution is 6.49. The van der Waals surface area contributed by atoms with Gasteiger partial charge in [-0.25, -0.2) is 4.39 Å². The van der Waals surface area contributed by atoms with Gasteiger partial charge in [-0.2, -0.15) is 5.26 Å². The lowest BCUT2D eigenvalue weighted by Gasteiger charge is -2.04. The third-order valence-corrected chi connectivity index (χ3v) is 2.41. The summed E-state index contributed by atoms with van der Waals surface area (Å²) in [5.41, 5.74) is 1.86. The summed E-state index contributed by atoms with van der Waals surface area (Å²) >= 11 is 5.95. The highest BCUT2D eigenvalue weighted by Gasteiger charge is 2.06. The highest BCUT2D eigenvalue weighted by atomic mass is 35.5. The minimum atomic E-state index is -0.301. The van der Waals surface area contributed by atoms with Gasteiger partial charge in [0.05, 0.1) is 11.1 Å². The van der Waals surface area contributed by atoms with Gasteiger partial charge in [-0.1, -0.05) is 17.7 Å². The molecule has 0 unspecified atom stereocenters. The average molecular weight is 210 g/mol. The molecule has 72 valence electrons. The summed E-state index contributed by atoms with van der Waals surface area (Å²) in [6, 6.07) is 6.26. The van der Waals surface area contributed by atoms with Gasteiger partial charge in [0.1, 0.15) is 5.82 Å². The summed E-state index contributed by atoms with van der Waals surface area (Å²) in [5, 5.41) is 9.03. The van der Waals surface area contributed by atoms with Crippen LogP contribution in [0.3, 0.4) is 0 Å². The molecule has 1 rings (SSSR count). The topological polar surface area (TPSA) is 23.8 Å². The smallest absolute Gasteiger partial charge is 0.123 e. The van der Waals surface area contributed by atoms with E-state index >= 15 is 0 Å². The zero-order valence-corrected chi connectivity index (χ0v) is 8.69. The summed E-state index contributed by atoms with van der Waals surface area (Å²) in [7, 11) is 0. The lowest BCUT2D eigenvalue weighted by Crippen LogP contribution is -1.87. The maximum Gasteiger partial charge on any atom is 0.123 e. The molecule has 0 amide bonds. The van der Waals surface area contributed by atoms with Crippen molar-refractivity contribution in [1.29, 1.82) is 5.26 Å². The maximum atomic E-state index is 12.8. The largest absolute Gasteiger partial charge is 0.207 e. The Labute approximate surface area is 87.4 Å². The van der Waals surface area contributed by atoms with Crippen molar-refractivity contribution in [2.75, 3.05) is 0 Å². The SMILES string of the molecule is C/C(C#N)=C(/Cl)c1ccc(F)cc1C. The van der Waals surface area contributed by atoms with E-state index in [9.17, 15) is 4.39 Å². The van der Waals surface area contributed by atoms with Crippen LogP contribution in [0.2, 0.25) is 0 Å². The number of hydrogen-bond donors (Lipinski definition) is 0. The molecule has 0 bridgehead atoms. The first-order chi connectivity index (χ1) is 6.56. The molecule has 0 saturated heterocycles. The number of halogens is 2. The first-order valence-electron chi connectivity index (χ1n) is 4.09. The van der Waals surface area contributed by atoms with E-state index in [2.05, 4.69) is 0 Å². The molecule has 0 aromatic heterocycles. The number of benzene rings is 1. The molecule has 0 N–H and O–H groups in total. The van der Waals surface area contributed by atoms with Crippen molar-refractivity contribution >= 4 is 16.6 Å². The summed E-state index contributed by atoms with van der Waals surface area (Å²) < 4.78 is 12.8. The molecular weight excluding hydrogens is 201 g/mol. The molecule has 0 spiro atoms. The summed E-state index contributed by atoms with van der Waals surface area (Å²) in [6.07, 6.45) is 0. The fraction of sp³-hybridized carbons (Fsp3) is 0.182. The summed E-state index contributed by atoms with van der Waals surface area (Å²) in [6.45, 7) is 3.39. The predicted molar refractivity (Wildman–Crippen MR) is 55.2 cm³/mol. The number of aryl methyl sites for hydroxylation is 1. The van der Waals surface area contributed by atoms with Gasteiger partial charge in [0.2, 0.25) is 0 Å². The van der Waals surface area contributed by atoms with E-state index in [0.717, 1.165) is 5.56 Å². The number of hydrogen-bond acceptors (Lipinski definition) is 1. The van der Waals surface area contributed by atoms with Gasteiger partial charge in [0, 0.05) is 5.57 Å². The van der Waals surface area contributed by atoms with Crippen molar-refractivity contribution in [3.8, 4) is 6.07 Å². The first-order valence-corrected chi connectivity index (χ1v) is 4.47. The first kappa shape index (κ1) is 10.7. The van der Waals surface area contributed by atoms with Crippen LogP contribution in [-0.2, 0) is 0 Å². The highest BCUT2D eigenvalue weighted by Crippen LogP contribution is 2.26. The Morgan fingerprint density at radius 3 is 2.64 bits per heavy atom. The lowest BCUT2D eigenvalue weighted by atomic mass is 10.1. The van der Waals surface area contributed by atoms with Crippen LogP contribution in [0.25, 0.3) is 5.03 Å². The van der Waals surface area contributed by atoms with Crippen LogP contribution < -0.4 is 0 Å². The van der Waals surface area contributed by atoms with Crippen molar-refractivity contribution in [2.24, 2.45) is 0 Å². The molecule has 1 aromatic carbocycles. The van der Waals surface area contributed by atoms with Crippen LogP contribution in [0.1, 0.15) is 18.1 Å². The van der Waals surface area contributed by atoms with Crippen molar-refractivity contribution < 1.29 is 4.39 Å². The Morgan fingerprint density at radius 2 is 2.14 bits per heavy atom. The van der Waals surface area contributed by atoms with Crippen LogP contribution in [0.4, 0.5) is 4.39 Å². The minimum Gasteiger partial charge on any atom is -0.207 e. The molecule has 0 fully saturated rings. The monoisotopic (exact) mass is 209 g/mol. The number of allylic oxidation sites excluding steroid dienone is 1. The normalized spacial score (nSPS) is 11.9. The van der Waals surface area contributed by atoms with Gasteiger partial charge in [0.25, 0.3) is 0 Å². The molecular formula is C11H9ClFN. The molecule has 14 heavy (non-hydrogen) atoms. The van der Waals surface area contributed by atoms with E-state index in [-0.39, 0.29) is 5.82 Å². The van der Waals surface area contributed by atoms with Crippen LogP contribution in [-0.4, -0.2) is 0 Å². The zero-order chi connectivity index (χ0) is 10.7. The molecule has 0 aliphatic heterocycles. The van der Waals surface area contributed by atoms with Gasteiger partial charge in [-0.05, 0) is 37.1 Å². The second kappa shape index (κ2) is 4.26. The van der Waals surface area contributed by atoms with Crippen molar-refractivity contribution in [3.63, 3.8) is 0 Å². The number of rotatable bonds is 1. The number of nitrogens with zero attached hydrogens (tertiary/aromatic N) is 1. The van der Waals surface area contributed by atoms with Crippen LogP contribution in [0, 0.1) is 24.1 Å². The Hall–Kier alpha value is -1.33. The second-order valence-electron chi connectivity index (χ2n) is 3.01. The Morgan fingerprint density at radius 1 is 1.50 bits per heavy atom. The molecule has 0 heterocycles. The average Bonchev–Trinajstić information content (AvgIpc) is 2.15. The van der Waals surface area contributed by atoms with E-state index in [1.165, 1.54) is 12.1 Å². The molecule has 3 heteroatoms. The van der Waals surface area contributed by atoms with E-state index in [1.807, 2.05) is 6.07 Å². The molecule has 1 nitrogen and oxygen atoms in total. The molecule has 1 aromatic rings. The number of nitriles is 1. The maximum absolute atomic E-state index is 12.8. The van der Waals surface area contributed by atoms with E-state index in [4.69, 9.17) is 16.9 Å². The van der Waals surface area contributed by atoms with Gasteiger partial charge in [-0.15, -0.1) is 0 Å². The van der Waals surface area contributed by atoms with Crippen LogP contribution >= 0.6 is 11.6 Å². The Bertz CT molecular complexity index is 429. The second-order valence-corrected chi connectivity index (χ2v) is 3.39. The van der Waals surface area contributed by atoms with E-state index < -0.39 is 0 Å². The van der Waals surface area contributed by atoms with Gasteiger partial charge in [-0.3, -0.25) is 0 Å². The Kier molecular flexibility index (Phi) is 3.27.